The third-order valence-electron chi connectivity index (χ3n) is 3.60. The van der Waals surface area contributed by atoms with Crippen LogP contribution in [0.1, 0.15) is 40.8 Å². The van der Waals surface area contributed by atoms with Crippen LogP contribution in [0.2, 0.25) is 0 Å². The van der Waals surface area contributed by atoms with Crippen molar-refractivity contribution in [2.24, 2.45) is 0 Å². The maximum Gasteiger partial charge on any atom is 0.324 e. The van der Waals surface area contributed by atoms with Crippen molar-refractivity contribution < 1.29 is 14.1 Å². The number of nitro groups is 1. The third kappa shape index (κ3) is 3.17. The summed E-state index contributed by atoms with van der Waals surface area (Å²) in [6.07, 6.45) is 3.04. The van der Waals surface area contributed by atoms with Crippen LogP contribution in [-0.4, -0.2) is 10.7 Å². The van der Waals surface area contributed by atoms with Crippen LogP contribution in [0, 0.1) is 10.1 Å². The van der Waals surface area contributed by atoms with Crippen LogP contribution >= 0.6 is 11.3 Å². The van der Waals surface area contributed by atoms with Crippen LogP contribution in [0.25, 0.3) is 11.0 Å². The Bertz CT molecular complexity index is 878. The molecule has 0 radical (unpaired) electrons. The summed E-state index contributed by atoms with van der Waals surface area (Å²) in [6, 6.07) is 10.1. The summed E-state index contributed by atoms with van der Waals surface area (Å²) in [4.78, 5) is 23.1. The Morgan fingerprint density at radius 1 is 1.26 bits per heavy atom. The molecule has 0 N–H and O–H groups in total. The highest BCUT2D eigenvalue weighted by Gasteiger charge is 2.17. The molecule has 2 aromatic heterocycles. The number of unbranched alkanes of at least 4 members (excludes halogenated alkanes) is 1. The normalized spacial score (nSPS) is 11.0. The summed E-state index contributed by atoms with van der Waals surface area (Å²) in [5.41, 5.74) is 1.27. The first-order valence-electron chi connectivity index (χ1n) is 7.40. The molecule has 3 aromatic rings. The van der Waals surface area contributed by atoms with E-state index < -0.39 is 4.92 Å². The van der Waals surface area contributed by atoms with Gasteiger partial charge in [-0.25, -0.2) is 0 Å². The Balaban J connectivity index is 1.89. The molecule has 0 aliphatic rings. The molecule has 0 amide bonds. The molecule has 0 unspecified atom stereocenters. The predicted molar refractivity (Wildman–Crippen MR) is 89.2 cm³/mol. The minimum atomic E-state index is -0.485. The highest BCUT2D eigenvalue weighted by Crippen LogP contribution is 2.28. The molecular weight excluding hydrogens is 314 g/mol. The van der Waals surface area contributed by atoms with E-state index in [0.29, 0.717) is 10.4 Å². The van der Waals surface area contributed by atoms with Crippen molar-refractivity contribution in [1.82, 2.24) is 0 Å². The van der Waals surface area contributed by atoms with Crippen molar-refractivity contribution in [1.29, 1.82) is 0 Å². The summed E-state index contributed by atoms with van der Waals surface area (Å²) in [5.74, 6) is 0.708. The second-order valence-corrected chi connectivity index (χ2v) is 6.36. The zero-order valence-electron chi connectivity index (χ0n) is 12.6. The van der Waals surface area contributed by atoms with E-state index in [4.69, 9.17) is 4.42 Å². The van der Waals surface area contributed by atoms with Crippen molar-refractivity contribution in [2.75, 3.05) is 0 Å². The van der Waals surface area contributed by atoms with Crippen LogP contribution in [0.15, 0.2) is 40.8 Å². The van der Waals surface area contributed by atoms with E-state index in [2.05, 4.69) is 6.92 Å². The fourth-order valence-corrected chi connectivity index (χ4v) is 3.19. The van der Waals surface area contributed by atoms with Gasteiger partial charge in [0, 0.05) is 23.4 Å². The number of hydrogen-bond donors (Lipinski definition) is 0. The first-order chi connectivity index (χ1) is 11.1. The number of carbonyl (C=O) groups is 1. The largest absolute Gasteiger partial charge is 0.461 e. The first-order valence-corrected chi connectivity index (χ1v) is 8.21. The van der Waals surface area contributed by atoms with Gasteiger partial charge in [-0.3, -0.25) is 14.9 Å². The number of ketones is 1. The maximum absolute atomic E-state index is 12.5. The number of benzene rings is 1. The van der Waals surface area contributed by atoms with E-state index in [-0.39, 0.29) is 10.8 Å². The van der Waals surface area contributed by atoms with Gasteiger partial charge in [0.15, 0.2) is 0 Å². The molecule has 3 rings (SSSR count). The minimum absolute atomic E-state index is 0.0282. The molecule has 0 aliphatic carbocycles. The summed E-state index contributed by atoms with van der Waals surface area (Å²) in [6.45, 7) is 2.12. The number of rotatable bonds is 6. The van der Waals surface area contributed by atoms with Gasteiger partial charge in [0.05, 0.1) is 9.80 Å². The molecule has 0 saturated carbocycles. The number of aryl methyl sites for hydroxylation is 1. The lowest BCUT2D eigenvalue weighted by Gasteiger charge is -1.97. The number of hydrogen-bond acceptors (Lipinski definition) is 5. The summed E-state index contributed by atoms with van der Waals surface area (Å²) in [7, 11) is 0. The standard InChI is InChI=1S/C17H15NO4S/c1-2-3-4-13-10-12-9-11(5-6-14(12)22-13)17(19)15-7-8-16(23-15)18(20)21/h5-10H,2-4H2,1H3. The van der Waals surface area contributed by atoms with Crippen molar-refractivity contribution in [3.8, 4) is 0 Å². The lowest BCUT2D eigenvalue weighted by atomic mass is 10.1. The lowest BCUT2D eigenvalue weighted by molar-refractivity contribution is -0.380. The third-order valence-corrected chi connectivity index (χ3v) is 4.64. The molecule has 0 bridgehead atoms. The highest BCUT2D eigenvalue weighted by molar-refractivity contribution is 7.17. The van der Waals surface area contributed by atoms with Gasteiger partial charge in [-0.2, -0.15) is 0 Å². The SMILES string of the molecule is CCCCc1cc2cc(C(=O)c3ccc([N+](=O)[O-])s3)ccc2o1. The second-order valence-electron chi connectivity index (χ2n) is 5.29. The summed E-state index contributed by atoms with van der Waals surface area (Å²) < 4.78 is 5.75. The van der Waals surface area contributed by atoms with Gasteiger partial charge in [-0.05, 0) is 36.8 Å². The van der Waals surface area contributed by atoms with E-state index in [1.54, 1.807) is 18.2 Å². The molecule has 0 atom stereocenters. The van der Waals surface area contributed by atoms with Gasteiger partial charge in [0.1, 0.15) is 11.3 Å². The van der Waals surface area contributed by atoms with Gasteiger partial charge in [-0.15, -0.1) is 0 Å². The summed E-state index contributed by atoms with van der Waals surface area (Å²) >= 11 is 0.894. The van der Waals surface area contributed by atoms with Gasteiger partial charge < -0.3 is 4.42 Å². The van der Waals surface area contributed by atoms with Crippen molar-refractivity contribution in [2.45, 2.75) is 26.2 Å². The quantitative estimate of drug-likeness (QED) is 0.363. The molecule has 6 heteroatoms. The lowest BCUT2D eigenvalue weighted by Crippen LogP contribution is -1.97. The molecule has 0 spiro atoms. The van der Waals surface area contributed by atoms with Crippen LogP contribution < -0.4 is 0 Å². The number of carbonyl (C=O) groups excluding carboxylic acids is 1. The predicted octanol–water partition coefficient (Wildman–Crippen LogP) is 4.98. The number of nitrogens with zero attached hydrogens (tertiary/aromatic N) is 1. The summed E-state index contributed by atoms with van der Waals surface area (Å²) in [5, 5.41) is 11.6. The monoisotopic (exact) mass is 329 g/mol. The Kier molecular flexibility index (Phi) is 4.25. The Morgan fingerprint density at radius 3 is 2.78 bits per heavy atom. The van der Waals surface area contributed by atoms with Crippen LogP contribution in [0.4, 0.5) is 5.00 Å². The first kappa shape index (κ1) is 15.4. The molecule has 0 aliphatic heterocycles. The van der Waals surface area contributed by atoms with Gasteiger partial charge in [-0.1, -0.05) is 24.7 Å². The molecule has 2 heterocycles. The smallest absolute Gasteiger partial charge is 0.324 e. The fraction of sp³-hybridized carbons (Fsp3) is 0.235. The van der Waals surface area contributed by atoms with Crippen LogP contribution in [0.5, 0.6) is 0 Å². The number of furan rings is 1. The van der Waals surface area contributed by atoms with E-state index >= 15 is 0 Å². The molecule has 118 valence electrons. The average molecular weight is 329 g/mol. The molecule has 23 heavy (non-hydrogen) atoms. The minimum Gasteiger partial charge on any atom is -0.461 e. The maximum atomic E-state index is 12.5. The Morgan fingerprint density at radius 2 is 2.09 bits per heavy atom. The van der Waals surface area contributed by atoms with Crippen molar-refractivity contribution in [3.05, 3.63) is 62.7 Å². The fourth-order valence-electron chi connectivity index (χ4n) is 2.40. The zero-order valence-corrected chi connectivity index (χ0v) is 13.4. The van der Waals surface area contributed by atoms with E-state index in [9.17, 15) is 14.9 Å². The zero-order chi connectivity index (χ0) is 16.4. The molecular formula is C17H15NO4S. The molecule has 1 aromatic carbocycles. The van der Waals surface area contributed by atoms with Crippen LogP contribution in [-0.2, 0) is 6.42 Å². The van der Waals surface area contributed by atoms with Crippen molar-refractivity contribution >= 4 is 33.1 Å². The Hall–Kier alpha value is -2.47. The van der Waals surface area contributed by atoms with Crippen molar-refractivity contribution in [3.63, 3.8) is 0 Å². The van der Waals surface area contributed by atoms with E-state index in [1.807, 2.05) is 6.07 Å². The topological polar surface area (TPSA) is 73.3 Å². The average Bonchev–Trinajstić information content (AvgIpc) is 3.18. The van der Waals surface area contributed by atoms with E-state index in [0.717, 1.165) is 47.3 Å². The van der Waals surface area contributed by atoms with Crippen LogP contribution in [0.3, 0.4) is 0 Å². The molecule has 0 saturated heterocycles. The Labute approximate surface area is 136 Å². The molecule has 5 nitrogen and oxygen atoms in total. The second kappa shape index (κ2) is 6.34. The van der Waals surface area contributed by atoms with E-state index in [1.165, 1.54) is 12.1 Å². The van der Waals surface area contributed by atoms with Gasteiger partial charge in [0.2, 0.25) is 5.78 Å². The number of fused-ring (bicyclic) bond motifs is 1. The molecule has 0 fully saturated rings. The highest BCUT2D eigenvalue weighted by atomic mass is 32.1. The van der Waals surface area contributed by atoms with Gasteiger partial charge in [0.25, 0.3) is 0 Å². The number of thiophene rings is 1. The van der Waals surface area contributed by atoms with Gasteiger partial charge >= 0.3 is 5.00 Å².